The summed E-state index contributed by atoms with van der Waals surface area (Å²) in [5, 5.41) is 10.5. The van der Waals surface area contributed by atoms with Gasteiger partial charge >= 0.3 is 6.16 Å². The second kappa shape index (κ2) is 5.78. The normalized spacial score (nSPS) is 11.8. The van der Waals surface area contributed by atoms with Crippen LogP contribution in [-0.2, 0) is 9.47 Å². The van der Waals surface area contributed by atoms with E-state index < -0.39 is 6.16 Å². The van der Waals surface area contributed by atoms with Crippen LogP contribution >= 0.6 is 11.6 Å². The molecule has 2 aromatic carbocycles. The number of hydrogen-bond acceptors (Lipinski definition) is 5. The number of methoxy groups -OCH3 is 1. The molecule has 5 nitrogen and oxygen atoms in total. The Morgan fingerprint density at radius 3 is 2.65 bits per heavy atom. The Morgan fingerprint density at radius 1 is 1.17 bits per heavy atom. The van der Waals surface area contributed by atoms with Gasteiger partial charge in [-0.3, -0.25) is 4.79 Å². The molecule has 116 valence electrons. The smallest absolute Gasteiger partial charge is 0.507 e. The zero-order valence-electron chi connectivity index (χ0n) is 12.0. The zero-order chi connectivity index (χ0) is 16.6. The first-order chi connectivity index (χ1) is 11.0. The van der Waals surface area contributed by atoms with Crippen LogP contribution < -0.4 is 0 Å². The van der Waals surface area contributed by atoms with Crippen LogP contribution in [0.15, 0.2) is 36.4 Å². The summed E-state index contributed by atoms with van der Waals surface area (Å²) in [4.78, 5) is 23.6. The molecule has 0 saturated heterocycles. The standard InChI is InChI=1S/C17H11ClO5/c1-22-17(21)23-15-7-10-6-13(14(19)8-12(10)15)16(20)9-3-2-4-11(18)5-9/h2-8,19H,1H3. The minimum Gasteiger partial charge on any atom is -0.507 e. The van der Waals surface area contributed by atoms with Gasteiger partial charge in [-0.15, -0.1) is 0 Å². The number of hydrogen-bond donors (Lipinski definition) is 1. The van der Waals surface area contributed by atoms with Crippen molar-refractivity contribution in [1.82, 2.24) is 0 Å². The lowest BCUT2D eigenvalue weighted by Gasteiger charge is -2.20. The predicted octanol–water partition coefficient (Wildman–Crippen LogP) is 3.87. The van der Waals surface area contributed by atoms with Crippen molar-refractivity contribution in [3.05, 3.63) is 63.7 Å². The molecule has 1 aliphatic carbocycles. The average Bonchev–Trinajstić information content (AvgIpc) is 2.53. The van der Waals surface area contributed by atoms with Crippen molar-refractivity contribution in [2.45, 2.75) is 0 Å². The van der Waals surface area contributed by atoms with Gasteiger partial charge in [0.15, 0.2) is 5.78 Å². The Balaban J connectivity index is 1.90. The second-order valence-electron chi connectivity index (χ2n) is 4.86. The summed E-state index contributed by atoms with van der Waals surface area (Å²) < 4.78 is 9.31. The lowest BCUT2D eigenvalue weighted by atomic mass is 9.90. The van der Waals surface area contributed by atoms with E-state index in [1.807, 2.05) is 0 Å². The Hall–Kier alpha value is -2.79. The van der Waals surface area contributed by atoms with E-state index in [2.05, 4.69) is 4.74 Å². The summed E-state index contributed by atoms with van der Waals surface area (Å²) in [6, 6.07) is 9.40. The van der Waals surface area contributed by atoms with Gasteiger partial charge in [-0.25, -0.2) is 4.79 Å². The van der Waals surface area contributed by atoms with Crippen LogP contribution in [0.5, 0.6) is 5.75 Å². The highest BCUT2D eigenvalue weighted by atomic mass is 35.5. The minimum atomic E-state index is -0.847. The van der Waals surface area contributed by atoms with Gasteiger partial charge in [-0.2, -0.15) is 0 Å². The Kier molecular flexibility index (Phi) is 3.80. The molecule has 0 bridgehead atoms. The van der Waals surface area contributed by atoms with Gasteiger partial charge in [0, 0.05) is 16.1 Å². The maximum atomic E-state index is 12.5. The zero-order valence-corrected chi connectivity index (χ0v) is 12.8. The van der Waals surface area contributed by atoms with Crippen LogP contribution in [0.25, 0.3) is 11.8 Å². The number of rotatable bonds is 3. The second-order valence-corrected chi connectivity index (χ2v) is 5.30. The first-order valence-electron chi connectivity index (χ1n) is 6.64. The number of carbonyl (C=O) groups is 2. The fraction of sp³-hybridized carbons (Fsp3) is 0.0588. The number of fused-ring (bicyclic) bond motifs is 1. The molecule has 1 N–H and O–H groups in total. The summed E-state index contributed by atoms with van der Waals surface area (Å²) in [6.45, 7) is 0. The number of benzene rings is 2. The molecule has 0 amide bonds. The fourth-order valence-corrected chi connectivity index (χ4v) is 2.45. The highest BCUT2D eigenvalue weighted by molar-refractivity contribution is 6.31. The maximum absolute atomic E-state index is 12.5. The van der Waals surface area contributed by atoms with Gasteiger partial charge in [0.2, 0.25) is 0 Å². The number of carbonyl (C=O) groups excluding carboxylic acids is 2. The average molecular weight is 331 g/mol. The van der Waals surface area contributed by atoms with Crippen molar-refractivity contribution in [3.8, 4) is 5.75 Å². The Bertz CT molecular complexity index is 854. The summed E-state index contributed by atoms with van der Waals surface area (Å²) >= 11 is 5.88. The largest absolute Gasteiger partial charge is 0.513 e. The molecule has 2 aromatic rings. The van der Waals surface area contributed by atoms with E-state index in [4.69, 9.17) is 16.3 Å². The lowest BCUT2D eigenvalue weighted by Crippen LogP contribution is -2.11. The van der Waals surface area contributed by atoms with E-state index in [-0.39, 0.29) is 22.9 Å². The molecule has 23 heavy (non-hydrogen) atoms. The van der Waals surface area contributed by atoms with E-state index in [0.29, 0.717) is 21.7 Å². The molecule has 0 aromatic heterocycles. The third-order valence-electron chi connectivity index (χ3n) is 3.41. The van der Waals surface area contributed by atoms with Crippen LogP contribution in [-0.4, -0.2) is 24.2 Å². The summed E-state index contributed by atoms with van der Waals surface area (Å²) in [7, 11) is 1.20. The van der Waals surface area contributed by atoms with Gasteiger partial charge in [0.25, 0.3) is 0 Å². The van der Waals surface area contributed by atoms with Gasteiger partial charge in [-0.1, -0.05) is 23.7 Å². The number of ketones is 1. The lowest BCUT2D eigenvalue weighted by molar-refractivity contribution is 0.103. The van der Waals surface area contributed by atoms with Crippen LogP contribution in [0.1, 0.15) is 27.0 Å². The molecule has 0 unspecified atom stereocenters. The first kappa shape index (κ1) is 15.1. The van der Waals surface area contributed by atoms with Crippen molar-refractivity contribution in [2.75, 3.05) is 7.11 Å². The molecule has 6 heteroatoms. The van der Waals surface area contributed by atoms with Crippen molar-refractivity contribution in [2.24, 2.45) is 0 Å². The predicted molar refractivity (Wildman–Crippen MR) is 84.4 cm³/mol. The third kappa shape index (κ3) is 2.78. The van der Waals surface area contributed by atoms with E-state index in [9.17, 15) is 14.7 Å². The number of aromatic hydroxyl groups is 1. The summed E-state index contributed by atoms with van der Waals surface area (Å²) in [6.07, 6.45) is 0.737. The van der Waals surface area contributed by atoms with E-state index in [0.717, 1.165) is 0 Å². The van der Waals surface area contributed by atoms with Crippen molar-refractivity contribution >= 4 is 35.4 Å². The third-order valence-corrected chi connectivity index (χ3v) is 3.65. The SMILES string of the molecule is COC(=O)OC1=Cc2cc(C(=O)c3cccc(Cl)c3)c(O)cc21. The van der Waals surface area contributed by atoms with Crippen molar-refractivity contribution < 1.29 is 24.2 Å². The fourth-order valence-electron chi connectivity index (χ4n) is 2.26. The van der Waals surface area contributed by atoms with Gasteiger partial charge in [0.05, 0.1) is 12.7 Å². The first-order valence-corrected chi connectivity index (χ1v) is 7.02. The number of phenolic OH excluding ortho intramolecular Hbond substituents is 1. The monoisotopic (exact) mass is 330 g/mol. The molecular weight excluding hydrogens is 320 g/mol. The summed E-state index contributed by atoms with van der Waals surface area (Å²) in [5.41, 5.74) is 1.75. The molecule has 0 radical (unpaired) electrons. The van der Waals surface area contributed by atoms with E-state index in [1.54, 1.807) is 24.3 Å². The van der Waals surface area contributed by atoms with E-state index >= 15 is 0 Å². The number of ether oxygens (including phenoxy) is 2. The van der Waals surface area contributed by atoms with Crippen LogP contribution in [0.3, 0.4) is 0 Å². The Labute approximate surface area is 136 Å². The molecule has 0 spiro atoms. The van der Waals surface area contributed by atoms with Crippen molar-refractivity contribution in [3.63, 3.8) is 0 Å². The van der Waals surface area contributed by atoms with Crippen LogP contribution in [0.2, 0.25) is 5.02 Å². The molecule has 1 aliphatic rings. The molecule has 0 atom stereocenters. The molecule has 0 fully saturated rings. The Morgan fingerprint density at radius 2 is 1.96 bits per heavy atom. The highest BCUT2D eigenvalue weighted by Gasteiger charge is 2.25. The number of halogens is 1. The number of phenols is 1. The topological polar surface area (TPSA) is 72.8 Å². The van der Waals surface area contributed by atoms with Crippen LogP contribution in [0.4, 0.5) is 4.79 Å². The highest BCUT2D eigenvalue weighted by Crippen LogP contribution is 2.38. The molecule has 3 rings (SSSR count). The van der Waals surface area contributed by atoms with Crippen LogP contribution in [0, 0.1) is 0 Å². The van der Waals surface area contributed by atoms with Gasteiger partial charge < -0.3 is 14.6 Å². The molecule has 0 saturated carbocycles. The molecule has 0 aliphatic heterocycles. The van der Waals surface area contributed by atoms with E-state index in [1.165, 1.54) is 25.3 Å². The summed E-state index contributed by atoms with van der Waals surface area (Å²) in [5.74, 6) is -0.264. The van der Waals surface area contributed by atoms with Crippen molar-refractivity contribution in [1.29, 1.82) is 0 Å². The quantitative estimate of drug-likeness (QED) is 0.683. The molecular formula is C17H11ClO5. The van der Waals surface area contributed by atoms with Gasteiger partial charge in [-0.05, 0) is 35.9 Å². The van der Waals surface area contributed by atoms with Gasteiger partial charge in [0.1, 0.15) is 11.5 Å². The molecule has 0 heterocycles. The maximum Gasteiger partial charge on any atom is 0.513 e. The minimum absolute atomic E-state index is 0.152.